The summed E-state index contributed by atoms with van der Waals surface area (Å²) < 4.78 is 10.1. The Morgan fingerprint density at radius 3 is 2.58 bits per heavy atom. The van der Waals surface area contributed by atoms with Gasteiger partial charge in [-0.25, -0.2) is 9.78 Å². The van der Waals surface area contributed by atoms with Crippen LogP contribution in [0.25, 0.3) is 0 Å². The minimum absolute atomic E-state index is 0.0670. The first-order valence-electron chi connectivity index (χ1n) is 5.62. The average molecular weight is 278 g/mol. The molecule has 0 aliphatic rings. The molecule has 0 fully saturated rings. The van der Waals surface area contributed by atoms with E-state index in [4.69, 9.17) is 16.3 Å². The number of aromatic nitrogens is 1. The number of halogens is 1. The van der Waals surface area contributed by atoms with Gasteiger partial charge in [0.2, 0.25) is 5.88 Å². The van der Waals surface area contributed by atoms with Gasteiger partial charge in [-0.2, -0.15) is 0 Å². The van der Waals surface area contributed by atoms with E-state index in [0.717, 1.165) is 5.56 Å². The Kier molecular flexibility index (Phi) is 4.36. The fraction of sp³-hybridized carbons (Fsp3) is 0.143. The lowest BCUT2D eigenvalue weighted by molar-refractivity contribution is 0.0600. The van der Waals surface area contributed by atoms with Gasteiger partial charge in [0, 0.05) is 6.07 Å². The molecule has 1 heterocycles. The molecule has 0 aliphatic carbocycles. The number of benzene rings is 1. The van der Waals surface area contributed by atoms with Gasteiger partial charge in [0.25, 0.3) is 0 Å². The summed E-state index contributed by atoms with van der Waals surface area (Å²) in [5.74, 6) is -0.159. The average Bonchev–Trinajstić information content (AvgIpc) is 2.45. The monoisotopic (exact) mass is 277 g/mol. The molecule has 0 atom stereocenters. The zero-order chi connectivity index (χ0) is 13.7. The van der Waals surface area contributed by atoms with Crippen LogP contribution in [0.5, 0.6) is 5.88 Å². The molecule has 98 valence electrons. The summed E-state index contributed by atoms with van der Waals surface area (Å²) in [6.07, 6.45) is 0. The van der Waals surface area contributed by atoms with Gasteiger partial charge in [-0.3, -0.25) is 0 Å². The number of hydrogen-bond donors (Lipinski definition) is 0. The molecular weight excluding hydrogens is 266 g/mol. The molecule has 0 bridgehead atoms. The summed E-state index contributed by atoms with van der Waals surface area (Å²) in [5.41, 5.74) is 1.24. The van der Waals surface area contributed by atoms with E-state index in [-0.39, 0.29) is 10.7 Å². The molecule has 0 unspecified atom stereocenters. The van der Waals surface area contributed by atoms with E-state index >= 15 is 0 Å². The molecule has 5 heteroatoms. The van der Waals surface area contributed by atoms with Gasteiger partial charge in [0.1, 0.15) is 11.8 Å². The Morgan fingerprint density at radius 2 is 1.95 bits per heavy atom. The van der Waals surface area contributed by atoms with Crippen molar-refractivity contribution in [2.24, 2.45) is 0 Å². The highest BCUT2D eigenvalue weighted by Crippen LogP contribution is 2.19. The quantitative estimate of drug-likeness (QED) is 0.636. The van der Waals surface area contributed by atoms with Crippen molar-refractivity contribution in [3.63, 3.8) is 0 Å². The SMILES string of the molecule is COC(=O)c1ccc(OCc2ccccc2)nc1Cl. The standard InChI is InChI=1S/C14H12ClNO3/c1-18-14(17)11-7-8-12(16-13(11)15)19-9-10-5-3-2-4-6-10/h2-8H,9H2,1H3. The van der Waals surface area contributed by atoms with Crippen LogP contribution in [0.4, 0.5) is 0 Å². The second kappa shape index (κ2) is 6.20. The fourth-order valence-corrected chi connectivity index (χ4v) is 1.72. The zero-order valence-corrected chi connectivity index (χ0v) is 11.1. The van der Waals surface area contributed by atoms with Crippen LogP contribution >= 0.6 is 11.6 Å². The summed E-state index contributed by atoms with van der Waals surface area (Å²) in [6, 6.07) is 12.8. The first kappa shape index (κ1) is 13.4. The minimum Gasteiger partial charge on any atom is -0.473 e. The number of nitrogens with zero attached hydrogens (tertiary/aromatic N) is 1. The molecule has 0 N–H and O–H groups in total. The lowest BCUT2D eigenvalue weighted by atomic mass is 10.2. The van der Waals surface area contributed by atoms with E-state index in [1.54, 1.807) is 6.07 Å². The van der Waals surface area contributed by atoms with Crippen LogP contribution in [0.1, 0.15) is 15.9 Å². The maximum atomic E-state index is 11.3. The smallest absolute Gasteiger partial charge is 0.341 e. The highest BCUT2D eigenvalue weighted by atomic mass is 35.5. The largest absolute Gasteiger partial charge is 0.473 e. The van der Waals surface area contributed by atoms with Gasteiger partial charge in [-0.05, 0) is 11.6 Å². The van der Waals surface area contributed by atoms with Crippen LogP contribution in [0, 0.1) is 0 Å². The Morgan fingerprint density at radius 1 is 1.21 bits per heavy atom. The first-order chi connectivity index (χ1) is 9.20. The normalized spacial score (nSPS) is 10.0. The van der Waals surface area contributed by atoms with Gasteiger partial charge >= 0.3 is 5.97 Å². The van der Waals surface area contributed by atoms with E-state index in [2.05, 4.69) is 9.72 Å². The predicted octanol–water partition coefficient (Wildman–Crippen LogP) is 3.10. The highest BCUT2D eigenvalue weighted by Gasteiger charge is 2.12. The minimum atomic E-state index is -0.521. The summed E-state index contributed by atoms with van der Waals surface area (Å²) in [4.78, 5) is 15.3. The lowest BCUT2D eigenvalue weighted by Crippen LogP contribution is -2.04. The summed E-state index contributed by atoms with van der Waals surface area (Å²) in [5, 5.41) is 0.0670. The van der Waals surface area contributed by atoms with Crippen LogP contribution < -0.4 is 4.74 Å². The molecule has 0 aliphatic heterocycles. The maximum absolute atomic E-state index is 11.3. The van der Waals surface area contributed by atoms with Crippen LogP contribution in [-0.2, 0) is 11.3 Å². The molecule has 2 rings (SSSR count). The number of carbonyl (C=O) groups excluding carboxylic acids is 1. The van der Waals surface area contributed by atoms with E-state index in [1.165, 1.54) is 13.2 Å². The second-order valence-electron chi connectivity index (χ2n) is 3.75. The second-order valence-corrected chi connectivity index (χ2v) is 4.11. The number of hydrogen-bond acceptors (Lipinski definition) is 4. The van der Waals surface area contributed by atoms with Crippen molar-refractivity contribution in [3.8, 4) is 5.88 Å². The number of esters is 1. The number of pyridine rings is 1. The molecule has 0 amide bonds. The number of ether oxygens (including phenoxy) is 2. The molecule has 0 spiro atoms. The van der Waals surface area contributed by atoms with E-state index in [0.29, 0.717) is 12.5 Å². The third-order valence-corrected chi connectivity index (χ3v) is 2.75. The van der Waals surface area contributed by atoms with Crippen molar-refractivity contribution in [1.82, 2.24) is 4.98 Å². The summed E-state index contributed by atoms with van der Waals surface area (Å²) in [7, 11) is 1.29. The lowest BCUT2D eigenvalue weighted by Gasteiger charge is -2.07. The van der Waals surface area contributed by atoms with Crippen LogP contribution in [0.15, 0.2) is 42.5 Å². The van der Waals surface area contributed by atoms with E-state index in [9.17, 15) is 4.79 Å². The van der Waals surface area contributed by atoms with Crippen molar-refractivity contribution in [2.45, 2.75) is 6.61 Å². The molecule has 19 heavy (non-hydrogen) atoms. The number of carbonyl (C=O) groups is 1. The maximum Gasteiger partial charge on any atom is 0.341 e. The Hall–Kier alpha value is -2.07. The Balaban J connectivity index is 2.06. The predicted molar refractivity (Wildman–Crippen MR) is 71.4 cm³/mol. The van der Waals surface area contributed by atoms with Crippen molar-refractivity contribution < 1.29 is 14.3 Å². The van der Waals surface area contributed by atoms with Crippen LogP contribution in [-0.4, -0.2) is 18.1 Å². The highest BCUT2D eigenvalue weighted by molar-refractivity contribution is 6.32. The van der Waals surface area contributed by atoms with Gasteiger partial charge in [-0.15, -0.1) is 0 Å². The molecule has 0 saturated carbocycles. The van der Waals surface area contributed by atoms with Crippen LogP contribution in [0.3, 0.4) is 0 Å². The first-order valence-corrected chi connectivity index (χ1v) is 6.00. The molecule has 2 aromatic rings. The zero-order valence-electron chi connectivity index (χ0n) is 10.3. The van der Waals surface area contributed by atoms with Crippen molar-refractivity contribution in [3.05, 3.63) is 58.7 Å². The Labute approximate surface area is 115 Å². The van der Waals surface area contributed by atoms with Gasteiger partial charge in [0.05, 0.1) is 12.7 Å². The van der Waals surface area contributed by atoms with Crippen LogP contribution in [0.2, 0.25) is 5.15 Å². The summed E-state index contributed by atoms with van der Waals surface area (Å²) >= 11 is 5.89. The summed E-state index contributed by atoms with van der Waals surface area (Å²) in [6.45, 7) is 0.391. The van der Waals surface area contributed by atoms with E-state index in [1.807, 2.05) is 30.3 Å². The molecule has 1 aromatic heterocycles. The van der Waals surface area contributed by atoms with E-state index < -0.39 is 5.97 Å². The topological polar surface area (TPSA) is 48.4 Å². The van der Waals surface area contributed by atoms with Crippen molar-refractivity contribution >= 4 is 17.6 Å². The van der Waals surface area contributed by atoms with Crippen molar-refractivity contribution in [1.29, 1.82) is 0 Å². The third kappa shape index (κ3) is 3.45. The molecule has 0 saturated heterocycles. The van der Waals surface area contributed by atoms with Gasteiger partial charge in [0.15, 0.2) is 0 Å². The number of rotatable bonds is 4. The Bertz CT molecular complexity index is 572. The van der Waals surface area contributed by atoms with Gasteiger partial charge in [-0.1, -0.05) is 41.9 Å². The van der Waals surface area contributed by atoms with Crippen molar-refractivity contribution in [2.75, 3.05) is 7.11 Å². The molecule has 0 radical (unpaired) electrons. The van der Waals surface area contributed by atoms with Gasteiger partial charge < -0.3 is 9.47 Å². The third-order valence-electron chi connectivity index (χ3n) is 2.46. The molecule has 1 aromatic carbocycles. The fourth-order valence-electron chi connectivity index (χ4n) is 1.49. The molecule has 4 nitrogen and oxygen atoms in total. The molecular formula is C14H12ClNO3. The number of methoxy groups -OCH3 is 1.